The molecule has 5 atom stereocenters. The first-order valence-electron chi connectivity index (χ1n) is 10.8. The van der Waals surface area contributed by atoms with Gasteiger partial charge in [-0.15, -0.1) is 0 Å². The van der Waals surface area contributed by atoms with Crippen LogP contribution in [0.25, 0.3) is 0 Å². The summed E-state index contributed by atoms with van der Waals surface area (Å²) in [4.78, 5) is 12.1. The van der Waals surface area contributed by atoms with Gasteiger partial charge in [-0.05, 0) is 69.9 Å². The number of fused-ring (bicyclic) bond motifs is 2. The van der Waals surface area contributed by atoms with Gasteiger partial charge in [0.15, 0.2) is 0 Å². The normalized spacial score (nSPS) is 36.2. The molecule has 0 bridgehead atoms. The number of nitrogens with one attached hydrogen (secondary N) is 4. The van der Waals surface area contributed by atoms with E-state index in [0.717, 1.165) is 54.8 Å². The van der Waals surface area contributed by atoms with Gasteiger partial charge in [-0.25, -0.2) is 4.98 Å². The summed E-state index contributed by atoms with van der Waals surface area (Å²) in [5.74, 6) is 4.33. The van der Waals surface area contributed by atoms with E-state index in [1.165, 1.54) is 45.2 Å². The first-order chi connectivity index (χ1) is 13.2. The molecule has 0 amide bonds. The van der Waals surface area contributed by atoms with Gasteiger partial charge >= 0.3 is 0 Å². The van der Waals surface area contributed by atoms with Gasteiger partial charge in [-0.1, -0.05) is 0 Å². The van der Waals surface area contributed by atoms with E-state index >= 15 is 0 Å². The van der Waals surface area contributed by atoms with Crippen LogP contribution in [-0.2, 0) is 0 Å². The maximum Gasteiger partial charge on any atom is 0.227 e. The van der Waals surface area contributed by atoms with E-state index in [0.29, 0.717) is 12.1 Å². The van der Waals surface area contributed by atoms with Gasteiger partial charge < -0.3 is 15.5 Å². The van der Waals surface area contributed by atoms with E-state index in [1.807, 2.05) is 0 Å². The Kier molecular flexibility index (Phi) is 4.92. The van der Waals surface area contributed by atoms with E-state index in [1.54, 1.807) is 0 Å². The third kappa shape index (κ3) is 3.77. The smallest absolute Gasteiger partial charge is 0.227 e. The van der Waals surface area contributed by atoms with Crippen molar-refractivity contribution < 1.29 is 0 Å². The molecule has 148 valence electrons. The lowest BCUT2D eigenvalue weighted by molar-refractivity contribution is 0.314. The molecule has 1 saturated carbocycles. The first-order valence-corrected chi connectivity index (χ1v) is 10.8. The Morgan fingerprint density at radius 3 is 2.63 bits per heavy atom. The van der Waals surface area contributed by atoms with Gasteiger partial charge in [0.25, 0.3) is 0 Å². The molecule has 0 aromatic carbocycles. The molecule has 4 aliphatic rings. The van der Waals surface area contributed by atoms with Crippen molar-refractivity contribution >= 4 is 11.8 Å². The molecule has 3 aliphatic heterocycles. The highest BCUT2D eigenvalue weighted by atomic mass is 15.4. The lowest BCUT2D eigenvalue weighted by atomic mass is 9.83. The zero-order valence-corrected chi connectivity index (χ0v) is 16.4. The van der Waals surface area contributed by atoms with Gasteiger partial charge in [0.1, 0.15) is 5.82 Å². The second-order valence-corrected chi connectivity index (χ2v) is 8.98. The fraction of sp³-hybridized carbons (Fsp3) is 0.800. The summed E-state index contributed by atoms with van der Waals surface area (Å²) in [6.45, 7) is 7.71. The highest BCUT2D eigenvalue weighted by molar-refractivity contribution is 5.44. The van der Waals surface area contributed by atoms with Gasteiger partial charge in [0, 0.05) is 43.5 Å². The van der Waals surface area contributed by atoms with Crippen LogP contribution < -0.4 is 26.4 Å². The molecule has 1 aliphatic carbocycles. The number of hydrazine groups is 1. The molecule has 4 heterocycles. The molecule has 27 heavy (non-hydrogen) atoms. The third-order valence-corrected chi connectivity index (χ3v) is 7.13. The molecule has 3 saturated heterocycles. The maximum atomic E-state index is 4.93. The van der Waals surface area contributed by atoms with E-state index in [2.05, 4.69) is 39.4 Å². The van der Waals surface area contributed by atoms with Gasteiger partial charge in [-0.2, -0.15) is 4.98 Å². The quantitative estimate of drug-likeness (QED) is 0.638. The highest BCUT2D eigenvalue weighted by Gasteiger charge is 2.34. The van der Waals surface area contributed by atoms with Crippen molar-refractivity contribution in [3.05, 3.63) is 11.8 Å². The Morgan fingerprint density at radius 1 is 1.00 bits per heavy atom. The van der Waals surface area contributed by atoms with Crippen LogP contribution in [0.3, 0.4) is 0 Å². The molecule has 0 radical (unpaired) electrons. The van der Waals surface area contributed by atoms with Crippen LogP contribution in [0.1, 0.15) is 37.8 Å². The largest absolute Gasteiger partial charge is 0.367 e. The topological polar surface area (TPSA) is 77.1 Å². The van der Waals surface area contributed by atoms with Crippen LogP contribution in [0, 0.1) is 24.7 Å². The highest BCUT2D eigenvalue weighted by Crippen LogP contribution is 2.30. The van der Waals surface area contributed by atoms with Crippen LogP contribution in [0.2, 0.25) is 0 Å². The third-order valence-electron chi connectivity index (χ3n) is 7.13. The molecule has 0 spiro atoms. The van der Waals surface area contributed by atoms with Crippen molar-refractivity contribution in [3.63, 3.8) is 0 Å². The predicted molar refractivity (Wildman–Crippen MR) is 108 cm³/mol. The van der Waals surface area contributed by atoms with Crippen molar-refractivity contribution in [3.8, 4) is 0 Å². The van der Waals surface area contributed by atoms with Crippen molar-refractivity contribution in [2.75, 3.05) is 42.9 Å². The number of hydrogen-bond acceptors (Lipinski definition) is 7. The molecule has 1 aromatic heterocycles. The van der Waals surface area contributed by atoms with E-state index in [-0.39, 0.29) is 0 Å². The van der Waals surface area contributed by atoms with E-state index in [4.69, 9.17) is 9.97 Å². The minimum atomic E-state index is 0.518. The lowest BCUT2D eigenvalue weighted by Gasteiger charge is -2.31. The summed E-state index contributed by atoms with van der Waals surface area (Å²) >= 11 is 0. The first kappa shape index (κ1) is 17.6. The summed E-state index contributed by atoms with van der Waals surface area (Å²) in [7, 11) is 0. The Balaban J connectivity index is 1.27. The fourth-order valence-corrected chi connectivity index (χ4v) is 5.53. The Bertz CT molecular complexity index is 652. The molecular formula is C20H33N7. The number of aromatic nitrogens is 2. The zero-order valence-electron chi connectivity index (χ0n) is 16.4. The summed E-state index contributed by atoms with van der Waals surface area (Å²) < 4.78 is 0. The SMILES string of the molecule is Cc1cc(NC2CCC3NNCC3C2)nc(N2CCC3CNCC3CC2)n1. The Labute approximate surface area is 162 Å². The number of nitrogens with zero attached hydrogens (tertiary/aromatic N) is 3. The summed E-state index contributed by atoms with van der Waals surface area (Å²) in [5.41, 5.74) is 7.79. The molecule has 7 nitrogen and oxygen atoms in total. The maximum absolute atomic E-state index is 4.93. The van der Waals surface area contributed by atoms with Crippen molar-refractivity contribution in [1.82, 2.24) is 26.1 Å². The molecule has 4 fully saturated rings. The minimum Gasteiger partial charge on any atom is -0.367 e. The van der Waals surface area contributed by atoms with Crippen molar-refractivity contribution in [1.29, 1.82) is 0 Å². The predicted octanol–water partition coefficient (Wildman–Crippen LogP) is 1.28. The average Bonchev–Trinajstić information content (AvgIpc) is 3.26. The van der Waals surface area contributed by atoms with E-state index < -0.39 is 0 Å². The lowest BCUT2D eigenvalue weighted by Crippen LogP contribution is -2.39. The van der Waals surface area contributed by atoms with Gasteiger partial charge in [-0.3, -0.25) is 10.9 Å². The second-order valence-electron chi connectivity index (χ2n) is 8.98. The molecule has 5 unspecified atom stereocenters. The van der Waals surface area contributed by atoms with Crippen LogP contribution >= 0.6 is 0 Å². The van der Waals surface area contributed by atoms with E-state index in [9.17, 15) is 0 Å². The summed E-state index contributed by atoms with van der Waals surface area (Å²) in [6.07, 6.45) is 6.15. The molecule has 7 heteroatoms. The summed E-state index contributed by atoms with van der Waals surface area (Å²) in [6, 6.07) is 3.28. The molecular weight excluding hydrogens is 338 g/mol. The number of hydrogen-bond donors (Lipinski definition) is 4. The van der Waals surface area contributed by atoms with Gasteiger partial charge in [0.2, 0.25) is 5.95 Å². The monoisotopic (exact) mass is 371 g/mol. The minimum absolute atomic E-state index is 0.518. The average molecular weight is 372 g/mol. The standard InChI is InChI=1S/C20H33N7/c1-13-8-19(24-17-2-3-18-16(9-17)12-22-26-18)25-20(23-13)27-6-4-14-10-21-11-15(14)5-7-27/h8,14-18,21-22,26H,2-7,9-12H2,1H3,(H,23,24,25). The Morgan fingerprint density at radius 2 is 1.81 bits per heavy atom. The van der Waals surface area contributed by atoms with Crippen molar-refractivity contribution in [2.45, 2.75) is 51.1 Å². The number of aryl methyl sites for hydroxylation is 1. The van der Waals surface area contributed by atoms with Gasteiger partial charge in [0.05, 0.1) is 0 Å². The molecule has 5 rings (SSSR count). The number of rotatable bonds is 3. The van der Waals surface area contributed by atoms with Crippen LogP contribution in [0.5, 0.6) is 0 Å². The van der Waals surface area contributed by atoms with Crippen LogP contribution in [-0.4, -0.2) is 54.8 Å². The number of anilines is 2. The second kappa shape index (κ2) is 7.53. The molecule has 1 aromatic rings. The Hall–Kier alpha value is -1.44. The van der Waals surface area contributed by atoms with Crippen LogP contribution in [0.4, 0.5) is 11.8 Å². The fourth-order valence-electron chi connectivity index (χ4n) is 5.53. The van der Waals surface area contributed by atoms with Crippen molar-refractivity contribution in [2.24, 2.45) is 17.8 Å². The zero-order chi connectivity index (χ0) is 18.2. The summed E-state index contributed by atoms with van der Waals surface area (Å²) in [5, 5.41) is 7.28. The molecule has 4 N–H and O–H groups in total. The van der Waals surface area contributed by atoms with Crippen LogP contribution in [0.15, 0.2) is 6.07 Å².